The van der Waals surface area contributed by atoms with Crippen molar-refractivity contribution in [1.82, 2.24) is 0 Å². The average Bonchev–Trinajstić information content (AvgIpc) is 2.04. The lowest BCUT2D eigenvalue weighted by Crippen LogP contribution is -2.19. The molecule has 80 valence electrons. The van der Waals surface area contributed by atoms with Crippen LogP contribution in [0.3, 0.4) is 0 Å². The molecule has 1 atom stereocenters. The number of alkyl halides is 2. The molecule has 1 nitrogen and oxygen atoms in total. The van der Waals surface area contributed by atoms with E-state index < -0.39 is 18.2 Å². The van der Waals surface area contributed by atoms with E-state index >= 15 is 0 Å². The summed E-state index contributed by atoms with van der Waals surface area (Å²) in [6, 6.07) is 5.15. The fourth-order valence-corrected chi connectivity index (χ4v) is 1.12. The highest BCUT2D eigenvalue weighted by atomic mass is 35.5. The minimum Gasteiger partial charge on any atom is -0.330 e. The van der Waals surface area contributed by atoms with E-state index in [-0.39, 0.29) is 24.5 Å². The van der Waals surface area contributed by atoms with Gasteiger partial charge < -0.3 is 5.73 Å². The van der Waals surface area contributed by atoms with E-state index in [1.54, 1.807) is 0 Å². The summed E-state index contributed by atoms with van der Waals surface area (Å²) in [5.74, 6) is -1.59. The van der Waals surface area contributed by atoms with Gasteiger partial charge in [-0.05, 0) is 17.7 Å². The predicted molar refractivity (Wildman–Crippen MR) is 51.4 cm³/mol. The molecule has 0 aliphatic carbocycles. The number of hydrogen-bond donors (Lipinski definition) is 1. The summed E-state index contributed by atoms with van der Waals surface area (Å²) < 4.78 is 37.3. The van der Waals surface area contributed by atoms with Crippen LogP contribution in [0.4, 0.5) is 13.2 Å². The first-order valence-corrected chi connectivity index (χ1v) is 3.89. The van der Waals surface area contributed by atoms with Gasteiger partial charge in [0.15, 0.2) is 0 Å². The van der Waals surface area contributed by atoms with Crippen LogP contribution >= 0.6 is 12.4 Å². The van der Waals surface area contributed by atoms with Gasteiger partial charge >= 0.3 is 0 Å². The standard InChI is InChI=1S/C9H10F3N.ClH/c10-7-3-1-2-6(4-7)8(5-13)9(11)12;/h1-4,8-9H,5,13H2;1H. The molecule has 0 amide bonds. The first-order valence-electron chi connectivity index (χ1n) is 3.89. The number of nitrogens with two attached hydrogens (primary N) is 1. The third kappa shape index (κ3) is 3.20. The summed E-state index contributed by atoms with van der Waals surface area (Å²) in [7, 11) is 0. The van der Waals surface area contributed by atoms with Crippen molar-refractivity contribution in [2.75, 3.05) is 6.54 Å². The molecule has 0 fully saturated rings. The van der Waals surface area contributed by atoms with Crippen LogP contribution in [0.5, 0.6) is 0 Å². The molecule has 1 aromatic carbocycles. The maximum absolute atomic E-state index is 12.6. The van der Waals surface area contributed by atoms with Gasteiger partial charge in [-0.15, -0.1) is 12.4 Å². The Morgan fingerprint density at radius 3 is 2.36 bits per heavy atom. The second-order valence-corrected chi connectivity index (χ2v) is 2.73. The van der Waals surface area contributed by atoms with Crippen molar-refractivity contribution >= 4 is 12.4 Å². The van der Waals surface area contributed by atoms with E-state index in [1.165, 1.54) is 18.2 Å². The fourth-order valence-electron chi connectivity index (χ4n) is 1.12. The Morgan fingerprint density at radius 2 is 1.93 bits per heavy atom. The maximum Gasteiger partial charge on any atom is 0.246 e. The van der Waals surface area contributed by atoms with Crippen molar-refractivity contribution < 1.29 is 13.2 Å². The number of halogens is 4. The smallest absolute Gasteiger partial charge is 0.246 e. The quantitative estimate of drug-likeness (QED) is 0.841. The highest BCUT2D eigenvalue weighted by Crippen LogP contribution is 2.22. The zero-order chi connectivity index (χ0) is 9.84. The number of benzene rings is 1. The Balaban J connectivity index is 0.00000169. The van der Waals surface area contributed by atoms with Gasteiger partial charge in [0.25, 0.3) is 0 Å². The molecule has 5 heteroatoms. The van der Waals surface area contributed by atoms with E-state index in [4.69, 9.17) is 5.73 Å². The monoisotopic (exact) mass is 225 g/mol. The molecule has 1 unspecified atom stereocenters. The van der Waals surface area contributed by atoms with Gasteiger partial charge in [0.2, 0.25) is 6.43 Å². The van der Waals surface area contributed by atoms with Crippen molar-refractivity contribution in [3.63, 3.8) is 0 Å². The molecule has 0 bridgehead atoms. The minimum atomic E-state index is -2.55. The fraction of sp³-hybridized carbons (Fsp3) is 0.333. The van der Waals surface area contributed by atoms with Crippen LogP contribution in [0.2, 0.25) is 0 Å². The molecule has 0 aliphatic rings. The zero-order valence-corrected chi connectivity index (χ0v) is 8.11. The van der Waals surface area contributed by atoms with E-state index in [0.29, 0.717) is 0 Å². The van der Waals surface area contributed by atoms with Gasteiger partial charge in [-0.1, -0.05) is 12.1 Å². The van der Waals surface area contributed by atoms with Crippen LogP contribution in [0.1, 0.15) is 11.5 Å². The van der Waals surface area contributed by atoms with Gasteiger partial charge in [-0.25, -0.2) is 13.2 Å². The van der Waals surface area contributed by atoms with Crippen LogP contribution in [0, 0.1) is 5.82 Å². The normalized spacial score (nSPS) is 12.4. The molecule has 0 aliphatic heterocycles. The minimum absolute atomic E-state index is 0. The van der Waals surface area contributed by atoms with Crippen LogP contribution in [0.15, 0.2) is 24.3 Å². The largest absolute Gasteiger partial charge is 0.330 e. The summed E-state index contributed by atoms with van der Waals surface area (Å²) in [6.07, 6.45) is -2.55. The third-order valence-corrected chi connectivity index (χ3v) is 1.83. The van der Waals surface area contributed by atoms with Crippen molar-refractivity contribution in [2.45, 2.75) is 12.3 Å². The molecule has 0 spiro atoms. The highest BCUT2D eigenvalue weighted by molar-refractivity contribution is 5.85. The third-order valence-electron chi connectivity index (χ3n) is 1.83. The highest BCUT2D eigenvalue weighted by Gasteiger charge is 2.20. The topological polar surface area (TPSA) is 26.0 Å². The van der Waals surface area contributed by atoms with Gasteiger partial charge in [-0.2, -0.15) is 0 Å². The van der Waals surface area contributed by atoms with Gasteiger partial charge in [0.05, 0.1) is 5.92 Å². The average molecular weight is 226 g/mol. The molecule has 2 N–H and O–H groups in total. The second-order valence-electron chi connectivity index (χ2n) is 2.73. The Morgan fingerprint density at radius 1 is 1.29 bits per heavy atom. The Labute approximate surface area is 86.5 Å². The maximum atomic E-state index is 12.6. The van der Waals surface area contributed by atoms with E-state index in [1.807, 2.05) is 0 Å². The van der Waals surface area contributed by atoms with Crippen molar-refractivity contribution in [2.24, 2.45) is 5.73 Å². The van der Waals surface area contributed by atoms with Crippen LogP contribution in [-0.4, -0.2) is 13.0 Å². The first kappa shape index (κ1) is 13.3. The molecular formula is C9H11ClF3N. The molecule has 0 aromatic heterocycles. The lowest BCUT2D eigenvalue weighted by Gasteiger charge is -2.13. The number of hydrogen-bond acceptors (Lipinski definition) is 1. The van der Waals surface area contributed by atoms with Crippen molar-refractivity contribution in [3.05, 3.63) is 35.6 Å². The Hall–Kier alpha value is -0.740. The number of rotatable bonds is 3. The summed E-state index contributed by atoms with van der Waals surface area (Å²) >= 11 is 0. The van der Waals surface area contributed by atoms with Crippen LogP contribution in [-0.2, 0) is 0 Å². The molecule has 0 saturated heterocycles. The van der Waals surface area contributed by atoms with Gasteiger partial charge in [0.1, 0.15) is 5.82 Å². The molecule has 1 rings (SSSR count). The van der Waals surface area contributed by atoms with Gasteiger partial charge in [-0.3, -0.25) is 0 Å². The van der Waals surface area contributed by atoms with E-state index in [2.05, 4.69) is 0 Å². The summed E-state index contributed by atoms with van der Waals surface area (Å²) in [5.41, 5.74) is 5.40. The van der Waals surface area contributed by atoms with Crippen molar-refractivity contribution in [3.8, 4) is 0 Å². The molecule has 1 aromatic rings. The molecule has 0 radical (unpaired) electrons. The molecule has 0 saturated carbocycles. The molecular weight excluding hydrogens is 215 g/mol. The predicted octanol–water partition coefficient (Wildman–Crippen LogP) is 2.55. The second kappa shape index (κ2) is 5.88. The summed E-state index contributed by atoms with van der Waals surface area (Å²) in [6.45, 7) is -0.179. The molecule has 14 heavy (non-hydrogen) atoms. The van der Waals surface area contributed by atoms with E-state index in [0.717, 1.165) is 6.07 Å². The Bertz CT molecular complexity index is 281. The van der Waals surface area contributed by atoms with Gasteiger partial charge in [0, 0.05) is 6.54 Å². The van der Waals surface area contributed by atoms with Crippen LogP contribution in [0.25, 0.3) is 0 Å². The van der Waals surface area contributed by atoms with Crippen molar-refractivity contribution in [1.29, 1.82) is 0 Å². The SMILES string of the molecule is Cl.NCC(c1cccc(F)c1)C(F)F. The Kier molecular flexibility index (Phi) is 5.57. The molecule has 0 heterocycles. The first-order chi connectivity index (χ1) is 6.15. The summed E-state index contributed by atoms with van der Waals surface area (Å²) in [4.78, 5) is 0. The zero-order valence-electron chi connectivity index (χ0n) is 7.29. The lowest BCUT2D eigenvalue weighted by molar-refractivity contribution is 0.117. The summed E-state index contributed by atoms with van der Waals surface area (Å²) in [5, 5.41) is 0. The lowest BCUT2D eigenvalue weighted by atomic mass is 10.00. The van der Waals surface area contributed by atoms with Crippen LogP contribution < -0.4 is 5.73 Å². The van der Waals surface area contributed by atoms with E-state index in [9.17, 15) is 13.2 Å².